The fraction of sp³-hybridized carbons (Fsp3) is 0.286. The van der Waals surface area contributed by atoms with Gasteiger partial charge in [0.2, 0.25) is 0 Å². The molecule has 29 heavy (non-hydrogen) atoms. The third-order valence-electron chi connectivity index (χ3n) is 4.65. The molecule has 0 radical (unpaired) electrons. The van der Waals surface area contributed by atoms with E-state index in [2.05, 4.69) is 4.98 Å². The summed E-state index contributed by atoms with van der Waals surface area (Å²) in [6.07, 6.45) is 0.477. The van der Waals surface area contributed by atoms with E-state index in [0.717, 1.165) is 0 Å². The summed E-state index contributed by atoms with van der Waals surface area (Å²) in [5.74, 6) is -0.969. The van der Waals surface area contributed by atoms with Crippen molar-refractivity contribution in [1.29, 1.82) is 0 Å². The van der Waals surface area contributed by atoms with Crippen LogP contribution in [-0.2, 0) is 17.7 Å². The normalized spacial score (nSPS) is 10.9. The molecule has 0 unspecified atom stereocenters. The van der Waals surface area contributed by atoms with Gasteiger partial charge in [-0.2, -0.15) is 0 Å². The first-order valence-corrected chi connectivity index (χ1v) is 9.22. The number of ketones is 1. The van der Waals surface area contributed by atoms with E-state index in [1.807, 2.05) is 6.92 Å². The van der Waals surface area contributed by atoms with E-state index in [1.54, 1.807) is 37.3 Å². The Kier molecular flexibility index (Phi) is 5.72. The van der Waals surface area contributed by atoms with E-state index in [4.69, 9.17) is 9.47 Å². The highest BCUT2D eigenvalue weighted by molar-refractivity contribution is 6.01. The lowest BCUT2D eigenvalue weighted by molar-refractivity contribution is 0.0517. The molecule has 0 atom stereocenters. The predicted molar refractivity (Wildman–Crippen MR) is 107 cm³/mol. The summed E-state index contributed by atoms with van der Waals surface area (Å²) in [5, 5.41) is 10.4. The van der Waals surface area contributed by atoms with E-state index in [9.17, 15) is 19.5 Å². The van der Waals surface area contributed by atoms with Gasteiger partial charge in [0.05, 0.1) is 25.8 Å². The molecule has 2 N–H and O–H groups in total. The molecule has 3 rings (SSSR count). The second kappa shape index (κ2) is 8.22. The molecule has 0 bridgehead atoms. The monoisotopic (exact) mass is 398 g/mol. The number of aromatic nitrogens is 2. The van der Waals surface area contributed by atoms with Crippen LogP contribution in [-0.4, -0.2) is 40.1 Å². The van der Waals surface area contributed by atoms with Gasteiger partial charge in [-0.1, -0.05) is 19.1 Å². The van der Waals surface area contributed by atoms with Crippen molar-refractivity contribution in [2.24, 2.45) is 0 Å². The smallest absolute Gasteiger partial charge is 0.358 e. The summed E-state index contributed by atoms with van der Waals surface area (Å²) in [5.41, 5.74) is 0.578. The van der Waals surface area contributed by atoms with Gasteiger partial charge in [-0.25, -0.2) is 4.79 Å². The molecule has 1 aromatic carbocycles. The molecule has 0 aliphatic carbocycles. The fourth-order valence-corrected chi connectivity index (χ4v) is 3.19. The summed E-state index contributed by atoms with van der Waals surface area (Å²) in [4.78, 5) is 40.6. The number of nitrogens with one attached hydrogen (secondary N) is 1. The number of hydrogen-bond acceptors (Lipinski definition) is 6. The third kappa shape index (κ3) is 3.73. The number of aryl methyl sites for hydroxylation is 1. The number of H-pyrrole nitrogens is 1. The molecular formula is C21H22N2O6. The van der Waals surface area contributed by atoms with Crippen LogP contribution in [0, 0.1) is 0 Å². The lowest BCUT2D eigenvalue weighted by Crippen LogP contribution is -2.27. The first-order valence-electron chi connectivity index (χ1n) is 9.22. The van der Waals surface area contributed by atoms with Crippen LogP contribution in [0.1, 0.15) is 40.4 Å². The van der Waals surface area contributed by atoms with E-state index < -0.39 is 17.3 Å². The minimum Gasteiger partial charge on any atom is -0.505 e. The minimum atomic E-state index is -0.752. The SMILES string of the molecule is CCOC(=O)c1[nH]c2cc(CC)n(CC(=O)c3cccc(OC)c3)c(=O)c2c1O. The molecule has 0 aliphatic heterocycles. The quantitative estimate of drug-likeness (QED) is 0.468. The first-order chi connectivity index (χ1) is 13.9. The maximum atomic E-state index is 13.1. The summed E-state index contributed by atoms with van der Waals surface area (Å²) in [7, 11) is 1.51. The highest BCUT2D eigenvalue weighted by Crippen LogP contribution is 2.27. The molecule has 0 aliphatic rings. The van der Waals surface area contributed by atoms with Crippen LogP contribution in [0.4, 0.5) is 0 Å². The molecule has 0 spiro atoms. The zero-order valence-corrected chi connectivity index (χ0v) is 16.4. The number of hydrogen-bond donors (Lipinski definition) is 2. The van der Waals surface area contributed by atoms with Crippen LogP contribution >= 0.6 is 0 Å². The maximum Gasteiger partial charge on any atom is 0.358 e. The first kappa shape index (κ1) is 20.2. The molecule has 0 saturated carbocycles. The zero-order chi connectivity index (χ0) is 21.1. The Morgan fingerprint density at radius 1 is 1.21 bits per heavy atom. The predicted octanol–water partition coefficient (Wildman–Crippen LogP) is 2.67. The number of aromatic amines is 1. The van der Waals surface area contributed by atoms with Gasteiger partial charge in [-0.3, -0.25) is 9.59 Å². The van der Waals surface area contributed by atoms with Crippen LogP contribution in [0.5, 0.6) is 11.5 Å². The number of esters is 1. The number of rotatable bonds is 7. The molecule has 0 amide bonds. The molecule has 8 heteroatoms. The van der Waals surface area contributed by atoms with E-state index in [0.29, 0.717) is 28.9 Å². The van der Waals surface area contributed by atoms with Crippen LogP contribution < -0.4 is 10.3 Å². The number of ether oxygens (including phenoxy) is 2. The van der Waals surface area contributed by atoms with Crippen LogP contribution in [0.25, 0.3) is 10.9 Å². The lowest BCUT2D eigenvalue weighted by Gasteiger charge is -2.12. The topological polar surface area (TPSA) is 111 Å². The molecule has 2 aromatic heterocycles. The van der Waals surface area contributed by atoms with Crippen molar-refractivity contribution in [3.05, 3.63) is 57.6 Å². The number of pyridine rings is 1. The number of carbonyl (C=O) groups is 2. The number of aromatic hydroxyl groups is 1. The summed E-state index contributed by atoms with van der Waals surface area (Å²) >= 11 is 0. The Hall–Kier alpha value is -3.55. The van der Waals surface area contributed by atoms with E-state index in [1.165, 1.54) is 11.7 Å². The molecule has 3 aromatic rings. The molecule has 0 fully saturated rings. The van der Waals surface area contributed by atoms with Crippen molar-refractivity contribution < 1.29 is 24.2 Å². The van der Waals surface area contributed by atoms with Gasteiger partial charge in [-0.15, -0.1) is 0 Å². The van der Waals surface area contributed by atoms with Crippen molar-refractivity contribution in [3.8, 4) is 11.5 Å². The van der Waals surface area contributed by atoms with Crippen molar-refractivity contribution in [3.63, 3.8) is 0 Å². The Balaban J connectivity index is 2.08. The minimum absolute atomic E-state index is 0.0521. The van der Waals surface area contributed by atoms with Gasteiger partial charge in [-0.05, 0) is 31.5 Å². The molecule has 152 valence electrons. The lowest BCUT2D eigenvalue weighted by atomic mass is 10.1. The Morgan fingerprint density at radius 3 is 2.62 bits per heavy atom. The molecular weight excluding hydrogens is 376 g/mol. The van der Waals surface area contributed by atoms with Crippen LogP contribution in [0.2, 0.25) is 0 Å². The highest BCUT2D eigenvalue weighted by Gasteiger charge is 2.23. The van der Waals surface area contributed by atoms with Gasteiger partial charge in [0.25, 0.3) is 5.56 Å². The summed E-state index contributed by atoms with van der Waals surface area (Å²) in [6, 6.07) is 8.32. The Labute approximate surface area is 166 Å². The van der Waals surface area contributed by atoms with Gasteiger partial charge in [0.1, 0.15) is 11.1 Å². The molecule has 0 saturated heterocycles. The largest absolute Gasteiger partial charge is 0.505 e. The Bertz CT molecular complexity index is 1140. The van der Waals surface area contributed by atoms with Gasteiger partial charge in [0.15, 0.2) is 17.2 Å². The second-order valence-electron chi connectivity index (χ2n) is 6.39. The molecule has 8 nitrogen and oxygen atoms in total. The molecule has 2 heterocycles. The maximum absolute atomic E-state index is 13.1. The van der Waals surface area contributed by atoms with Gasteiger partial charge in [0, 0.05) is 11.3 Å². The van der Waals surface area contributed by atoms with Crippen molar-refractivity contribution in [2.75, 3.05) is 13.7 Å². The average molecular weight is 398 g/mol. The standard InChI is InChI=1S/C21H22N2O6/c1-4-13-10-15-17(19(25)18(22-15)21(27)29-5-2)20(26)23(13)11-16(24)12-7-6-8-14(9-12)28-3/h6-10,22,25H,4-5,11H2,1-3H3. The fourth-order valence-electron chi connectivity index (χ4n) is 3.19. The third-order valence-corrected chi connectivity index (χ3v) is 4.65. The van der Waals surface area contributed by atoms with Crippen molar-refractivity contribution >= 4 is 22.7 Å². The average Bonchev–Trinajstić information content (AvgIpc) is 3.06. The van der Waals surface area contributed by atoms with Gasteiger partial charge < -0.3 is 24.1 Å². The number of nitrogens with zero attached hydrogens (tertiary/aromatic N) is 1. The highest BCUT2D eigenvalue weighted by atomic mass is 16.5. The van der Waals surface area contributed by atoms with E-state index >= 15 is 0 Å². The number of carbonyl (C=O) groups excluding carboxylic acids is 2. The van der Waals surface area contributed by atoms with Gasteiger partial charge >= 0.3 is 5.97 Å². The van der Waals surface area contributed by atoms with Crippen LogP contribution in [0.3, 0.4) is 0 Å². The number of Topliss-reactive ketones (excluding diaryl/α,β-unsaturated/α-hetero) is 1. The van der Waals surface area contributed by atoms with E-state index in [-0.39, 0.29) is 30.0 Å². The number of benzene rings is 1. The van der Waals surface area contributed by atoms with Crippen molar-refractivity contribution in [2.45, 2.75) is 26.8 Å². The van der Waals surface area contributed by atoms with Crippen LogP contribution in [0.15, 0.2) is 35.1 Å². The second-order valence-corrected chi connectivity index (χ2v) is 6.39. The summed E-state index contributed by atoms with van der Waals surface area (Å²) < 4.78 is 11.4. The Morgan fingerprint density at radius 2 is 1.97 bits per heavy atom. The number of fused-ring (bicyclic) bond motifs is 1. The summed E-state index contributed by atoms with van der Waals surface area (Å²) in [6.45, 7) is 3.42. The zero-order valence-electron chi connectivity index (χ0n) is 16.4. The van der Waals surface area contributed by atoms with Crippen molar-refractivity contribution in [1.82, 2.24) is 9.55 Å². The number of methoxy groups -OCH3 is 1.